The Kier molecular flexibility index (Phi) is 4.99. The van der Waals surface area contributed by atoms with Crippen molar-refractivity contribution >= 4 is 22.6 Å². The fourth-order valence-corrected chi connectivity index (χ4v) is 1.09. The quantitative estimate of drug-likeness (QED) is 0.651. The summed E-state index contributed by atoms with van der Waals surface area (Å²) in [5, 5.41) is 10.8. The van der Waals surface area contributed by atoms with Crippen LogP contribution in [-0.4, -0.2) is 30.4 Å². The van der Waals surface area contributed by atoms with E-state index in [1.807, 2.05) is 19.2 Å². The predicted molar refractivity (Wildman–Crippen MR) is 58.8 cm³/mol. The highest BCUT2D eigenvalue weighted by molar-refractivity contribution is 14.1. The minimum absolute atomic E-state index is 0.594. The molecule has 0 bridgehead atoms. The fraction of sp³-hybridized carbons (Fsp3) is 0.500. The topological polar surface area (TPSA) is 47.0 Å². The van der Waals surface area contributed by atoms with Gasteiger partial charge in [-0.25, -0.2) is 0 Å². The number of rotatable bonds is 5. The molecule has 1 aromatic heterocycles. The van der Waals surface area contributed by atoms with Crippen LogP contribution in [0, 0.1) is 3.70 Å². The van der Waals surface area contributed by atoms with Crippen molar-refractivity contribution in [2.75, 3.05) is 20.2 Å². The summed E-state index contributed by atoms with van der Waals surface area (Å²) in [5.74, 6) is 0.594. The van der Waals surface area contributed by atoms with E-state index < -0.39 is 0 Å². The molecule has 0 aliphatic carbocycles. The molecule has 0 fully saturated rings. The lowest BCUT2D eigenvalue weighted by molar-refractivity contribution is 0.294. The highest BCUT2D eigenvalue weighted by Gasteiger charge is 1.95. The second kappa shape index (κ2) is 6.09. The lowest BCUT2D eigenvalue weighted by Crippen LogP contribution is -2.12. The Morgan fingerprint density at radius 2 is 2.31 bits per heavy atom. The Hall–Kier alpha value is -0.430. The van der Waals surface area contributed by atoms with E-state index in [4.69, 9.17) is 4.74 Å². The van der Waals surface area contributed by atoms with Crippen LogP contribution in [0.25, 0.3) is 0 Å². The maximum atomic E-state index is 5.35. The highest BCUT2D eigenvalue weighted by Crippen LogP contribution is 2.06. The maximum absolute atomic E-state index is 5.35. The average Bonchev–Trinajstić information content (AvgIpc) is 2.15. The summed E-state index contributed by atoms with van der Waals surface area (Å²) < 4.78 is 6.22. The summed E-state index contributed by atoms with van der Waals surface area (Å²) in [7, 11) is 1.92. The molecule has 13 heavy (non-hydrogen) atoms. The normalized spacial score (nSPS) is 10.0. The maximum Gasteiger partial charge on any atom is 0.233 e. The van der Waals surface area contributed by atoms with Crippen LogP contribution in [0.2, 0.25) is 0 Å². The standard InChI is InChI=1S/C8H12IN3O/c1-10-5-2-6-13-8-4-3-7(9)11-12-8/h3-4,10H,2,5-6H2,1H3. The number of nitrogens with zero attached hydrogens (tertiary/aromatic N) is 2. The second-order valence-electron chi connectivity index (χ2n) is 2.50. The molecule has 1 rings (SSSR count). The summed E-state index contributed by atoms with van der Waals surface area (Å²) in [6, 6.07) is 3.70. The molecule has 0 unspecified atom stereocenters. The molecular formula is C8H12IN3O. The van der Waals surface area contributed by atoms with E-state index in [0.29, 0.717) is 12.5 Å². The first-order chi connectivity index (χ1) is 6.33. The first kappa shape index (κ1) is 10.6. The third-order valence-electron chi connectivity index (χ3n) is 1.43. The largest absolute Gasteiger partial charge is 0.477 e. The van der Waals surface area contributed by atoms with E-state index in [1.54, 1.807) is 0 Å². The summed E-state index contributed by atoms with van der Waals surface area (Å²) in [4.78, 5) is 0. The van der Waals surface area contributed by atoms with Crippen molar-refractivity contribution in [3.05, 3.63) is 15.8 Å². The third-order valence-corrected chi connectivity index (χ3v) is 2.00. The summed E-state index contributed by atoms with van der Waals surface area (Å²) >= 11 is 2.11. The van der Waals surface area contributed by atoms with E-state index in [1.165, 1.54) is 0 Å². The molecule has 0 saturated heterocycles. The minimum Gasteiger partial charge on any atom is -0.477 e. The van der Waals surface area contributed by atoms with E-state index in [9.17, 15) is 0 Å². The summed E-state index contributed by atoms with van der Waals surface area (Å²) in [6.07, 6.45) is 0.976. The van der Waals surface area contributed by atoms with Crippen molar-refractivity contribution in [3.63, 3.8) is 0 Å². The van der Waals surface area contributed by atoms with Crippen LogP contribution < -0.4 is 10.1 Å². The van der Waals surface area contributed by atoms with Crippen molar-refractivity contribution in [2.45, 2.75) is 6.42 Å². The third kappa shape index (κ3) is 4.37. The van der Waals surface area contributed by atoms with Gasteiger partial charge in [0, 0.05) is 6.07 Å². The second-order valence-corrected chi connectivity index (χ2v) is 3.61. The van der Waals surface area contributed by atoms with Gasteiger partial charge in [0.05, 0.1) is 6.61 Å². The molecule has 0 amide bonds. The number of ether oxygens (including phenoxy) is 1. The van der Waals surface area contributed by atoms with Crippen LogP contribution in [0.15, 0.2) is 12.1 Å². The zero-order valence-corrected chi connectivity index (χ0v) is 9.61. The van der Waals surface area contributed by atoms with Crippen molar-refractivity contribution in [2.24, 2.45) is 0 Å². The summed E-state index contributed by atoms with van der Waals surface area (Å²) in [5.41, 5.74) is 0. The van der Waals surface area contributed by atoms with Gasteiger partial charge in [-0.15, -0.1) is 10.2 Å². The molecule has 0 saturated carbocycles. The molecule has 1 aromatic rings. The zero-order chi connectivity index (χ0) is 9.52. The van der Waals surface area contributed by atoms with Crippen LogP contribution in [0.4, 0.5) is 0 Å². The molecule has 0 atom stereocenters. The van der Waals surface area contributed by atoms with E-state index in [0.717, 1.165) is 16.7 Å². The van der Waals surface area contributed by atoms with Gasteiger partial charge in [-0.3, -0.25) is 0 Å². The Balaban J connectivity index is 2.25. The molecule has 5 heteroatoms. The van der Waals surface area contributed by atoms with Gasteiger partial charge in [-0.05, 0) is 48.7 Å². The van der Waals surface area contributed by atoms with Crippen LogP contribution in [0.3, 0.4) is 0 Å². The molecule has 0 aliphatic rings. The minimum atomic E-state index is 0.594. The van der Waals surface area contributed by atoms with Crippen LogP contribution in [0.5, 0.6) is 5.88 Å². The van der Waals surface area contributed by atoms with Crippen LogP contribution >= 0.6 is 22.6 Å². The number of hydrogen-bond acceptors (Lipinski definition) is 4. The zero-order valence-electron chi connectivity index (χ0n) is 7.46. The van der Waals surface area contributed by atoms with Gasteiger partial charge in [0.15, 0.2) is 0 Å². The van der Waals surface area contributed by atoms with Crippen LogP contribution in [-0.2, 0) is 0 Å². The summed E-state index contributed by atoms with van der Waals surface area (Å²) in [6.45, 7) is 1.63. The molecule has 1 heterocycles. The van der Waals surface area contributed by atoms with Gasteiger partial charge in [0.2, 0.25) is 5.88 Å². The molecule has 1 N–H and O–H groups in total. The van der Waals surface area contributed by atoms with Crippen molar-refractivity contribution < 1.29 is 4.74 Å². The monoisotopic (exact) mass is 293 g/mol. The van der Waals surface area contributed by atoms with Crippen molar-refractivity contribution in [1.82, 2.24) is 15.5 Å². The van der Waals surface area contributed by atoms with Gasteiger partial charge in [-0.1, -0.05) is 0 Å². The highest BCUT2D eigenvalue weighted by atomic mass is 127. The smallest absolute Gasteiger partial charge is 0.233 e. The average molecular weight is 293 g/mol. The number of aromatic nitrogens is 2. The number of hydrogen-bond donors (Lipinski definition) is 1. The fourth-order valence-electron chi connectivity index (χ4n) is 0.806. The molecule has 0 radical (unpaired) electrons. The molecule has 4 nitrogen and oxygen atoms in total. The van der Waals surface area contributed by atoms with Crippen molar-refractivity contribution in [3.8, 4) is 5.88 Å². The molecule has 0 aliphatic heterocycles. The van der Waals surface area contributed by atoms with Gasteiger partial charge < -0.3 is 10.1 Å². The van der Waals surface area contributed by atoms with E-state index >= 15 is 0 Å². The van der Waals surface area contributed by atoms with E-state index in [-0.39, 0.29) is 0 Å². The SMILES string of the molecule is CNCCCOc1ccc(I)nn1. The molecule has 72 valence electrons. The van der Waals surface area contributed by atoms with Gasteiger partial charge >= 0.3 is 0 Å². The van der Waals surface area contributed by atoms with Gasteiger partial charge in [0.1, 0.15) is 3.70 Å². The number of nitrogens with one attached hydrogen (secondary N) is 1. The first-order valence-electron chi connectivity index (χ1n) is 4.09. The molecular weight excluding hydrogens is 281 g/mol. The molecule has 0 aromatic carbocycles. The lowest BCUT2D eigenvalue weighted by Gasteiger charge is -2.03. The predicted octanol–water partition coefficient (Wildman–Crippen LogP) is 1.07. The Bertz CT molecular complexity index is 240. The molecule has 0 spiro atoms. The lowest BCUT2D eigenvalue weighted by atomic mass is 10.4. The van der Waals surface area contributed by atoms with Crippen LogP contribution in [0.1, 0.15) is 6.42 Å². The first-order valence-corrected chi connectivity index (χ1v) is 5.17. The van der Waals surface area contributed by atoms with Gasteiger partial charge in [0.25, 0.3) is 0 Å². The van der Waals surface area contributed by atoms with E-state index in [2.05, 4.69) is 38.1 Å². The Labute approximate surface area is 91.2 Å². The Morgan fingerprint density at radius 3 is 2.92 bits per heavy atom. The number of halogens is 1. The van der Waals surface area contributed by atoms with Gasteiger partial charge in [-0.2, -0.15) is 0 Å². The Morgan fingerprint density at radius 1 is 1.46 bits per heavy atom. The van der Waals surface area contributed by atoms with Crippen molar-refractivity contribution in [1.29, 1.82) is 0 Å².